The first-order valence-electron chi connectivity index (χ1n) is 7.51. The highest BCUT2D eigenvalue weighted by atomic mass is 16.5. The zero-order chi connectivity index (χ0) is 15.5. The quantitative estimate of drug-likeness (QED) is 0.867. The Balaban J connectivity index is 1.72. The van der Waals surface area contributed by atoms with Gasteiger partial charge in [-0.15, -0.1) is 0 Å². The first-order valence-corrected chi connectivity index (χ1v) is 7.51. The van der Waals surface area contributed by atoms with Gasteiger partial charge in [-0.05, 0) is 18.6 Å². The highest BCUT2D eigenvalue weighted by Gasteiger charge is 2.44. The van der Waals surface area contributed by atoms with Crippen molar-refractivity contribution in [1.29, 1.82) is 0 Å². The van der Waals surface area contributed by atoms with Crippen molar-refractivity contribution in [3.05, 3.63) is 30.1 Å². The number of morpholine rings is 1. The number of likely N-dealkylation sites (tertiary alicyclic amines) is 1. The van der Waals surface area contributed by atoms with Crippen molar-refractivity contribution in [2.45, 2.75) is 25.6 Å². The molecule has 1 N–H and O–H groups in total. The van der Waals surface area contributed by atoms with E-state index in [0.717, 1.165) is 5.56 Å². The van der Waals surface area contributed by atoms with Crippen molar-refractivity contribution in [2.75, 3.05) is 26.2 Å². The van der Waals surface area contributed by atoms with Gasteiger partial charge in [0.25, 0.3) is 0 Å². The molecule has 0 aliphatic carbocycles. The van der Waals surface area contributed by atoms with Gasteiger partial charge >= 0.3 is 6.03 Å². The van der Waals surface area contributed by atoms with Crippen LogP contribution in [0.3, 0.4) is 0 Å². The first kappa shape index (κ1) is 14.8. The van der Waals surface area contributed by atoms with Gasteiger partial charge in [-0.2, -0.15) is 0 Å². The van der Waals surface area contributed by atoms with Crippen molar-refractivity contribution >= 4 is 11.9 Å². The van der Waals surface area contributed by atoms with E-state index in [1.807, 2.05) is 24.0 Å². The first-order chi connectivity index (χ1) is 10.7. The van der Waals surface area contributed by atoms with E-state index in [2.05, 4.69) is 10.3 Å². The smallest absolute Gasteiger partial charge is 0.317 e. The number of amides is 3. The predicted octanol–water partition coefficient (Wildman–Crippen LogP) is 0.223. The van der Waals surface area contributed by atoms with E-state index in [0.29, 0.717) is 26.2 Å². The molecule has 2 atom stereocenters. The average Bonchev–Trinajstić information content (AvgIpc) is 2.96. The van der Waals surface area contributed by atoms with E-state index in [-0.39, 0.29) is 30.7 Å². The highest BCUT2D eigenvalue weighted by molar-refractivity contribution is 5.79. The van der Waals surface area contributed by atoms with Gasteiger partial charge in [-0.25, -0.2) is 4.79 Å². The number of fused-ring (bicyclic) bond motifs is 1. The second-order valence-corrected chi connectivity index (χ2v) is 5.54. The van der Waals surface area contributed by atoms with Crippen LogP contribution in [0.1, 0.15) is 12.5 Å². The average molecular weight is 304 g/mol. The lowest BCUT2D eigenvalue weighted by atomic mass is 10.1. The predicted molar refractivity (Wildman–Crippen MR) is 79.0 cm³/mol. The number of pyridine rings is 1. The number of carbonyl (C=O) groups is 2. The molecule has 2 saturated heterocycles. The standard InChI is InChI=1S/C15H20N4O3/c1-2-17-15(21)18-8-12-13(9-18)22-10-14(20)19(12)7-11-4-3-5-16-6-11/h3-6,12-13H,2,7-10H2,1H3,(H,17,21)/t12-,13+/m1/s1. The molecule has 7 nitrogen and oxygen atoms in total. The molecule has 1 aromatic rings. The van der Waals surface area contributed by atoms with Crippen molar-refractivity contribution in [1.82, 2.24) is 20.1 Å². The normalized spacial score (nSPS) is 24.3. The van der Waals surface area contributed by atoms with Crippen LogP contribution >= 0.6 is 0 Å². The van der Waals surface area contributed by atoms with Crippen molar-refractivity contribution < 1.29 is 14.3 Å². The Hall–Kier alpha value is -2.15. The van der Waals surface area contributed by atoms with Gasteiger partial charge in [0.1, 0.15) is 6.61 Å². The summed E-state index contributed by atoms with van der Waals surface area (Å²) in [7, 11) is 0. The molecule has 0 radical (unpaired) electrons. The molecule has 118 valence electrons. The van der Waals surface area contributed by atoms with Gasteiger partial charge in [0.15, 0.2) is 0 Å². The maximum atomic E-state index is 12.2. The molecule has 1 aromatic heterocycles. The lowest BCUT2D eigenvalue weighted by molar-refractivity contribution is -0.153. The summed E-state index contributed by atoms with van der Waals surface area (Å²) >= 11 is 0. The largest absolute Gasteiger partial charge is 0.364 e. The molecule has 7 heteroatoms. The number of nitrogens with zero attached hydrogens (tertiary/aromatic N) is 3. The van der Waals surface area contributed by atoms with Crippen LogP contribution in [0.2, 0.25) is 0 Å². The van der Waals surface area contributed by atoms with Crippen LogP contribution in [-0.4, -0.2) is 65.1 Å². The molecule has 0 unspecified atom stereocenters. The molecule has 0 saturated carbocycles. The van der Waals surface area contributed by atoms with Crippen LogP contribution in [0.15, 0.2) is 24.5 Å². The van der Waals surface area contributed by atoms with Crippen LogP contribution in [0.25, 0.3) is 0 Å². The number of ether oxygens (including phenoxy) is 1. The van der Waals surface area contributed by atoms with Crippen LogP contribution in [0, 0.1) is 0 Å². The summed E-state index contributed by atoms with van der Waals surface area (Å²) in [5.41, 5.74) is 0.980. The van der Waals surface area contributed by atoms with Gasteiger partial charge in [0.2, 0.25) is 5.91 Å². The fourth-order valence-electron chi connectivity index (χ4n) is 2.99. The Morgan fingerprint density at radius 1 is 1.50 bits per heavy atom. The fourth-order valence-corrected chi connectivity index (χ4v) is 2.99. The fraction of sp³-hybridized carbons (Fsp3) is 0.533. The molecule has 3 rings (SSSR count). The third kappa shape index (κ3) is 2.89. The number of carbonyl (C=O) groups excluding carboxylic acids is 2. The second kappa shape index (κ2) is 6.31. The Morgan fingerprint density at radius 3 is 3.09 bits per heavy atom. The number of rotatable bonds is 3. The van der Waals surface area contributed by atoms with Crippen LogP contribution in [-0.2, 0) is 16.1 Å². The molecule has 2 aliphatic heterocycles. The van der Waals surface area contributed by atoms with Crippen molar-refractivity contribution in [3.63, 3.8) is 0 Å². The van der Waals surface area contributed by atoms with E-state index < -0.39 is 0 Å². The summed E-state index contributed by atoms with van der Waals surface area (Å²) in [4.78, 5) is 31.8. The summed E-state index contributed by atoms with van der Waals surface area (Å²) < 4.78 is 5.61. The summed E-state index contributed by atoms with van der Waals surface area (Å²) in [5, 5.41) is 2.79. The topological polar surface area (TPSA) is 74.8 Å². The summed E-state index contributed by atoms with van der Waals surface area (Å²) in [6.07, 6.45) is 3.35. The Labute approximate surface area is 129 Å². The van der Waals surface area contributed by atoms with Gasteiger partial charge in [-0.3, -0.25) is 9.78 Å². The van der Waals surface area contributed by atoms with Crippen LogP contribution < -0.4 is 5.32 Å². The minimum absolute atomic E-state index is 0.0390. The minimum Gasteiger partial charge on any atom is -0.364 e. The van der Waals surface area contributed by atoms with Gasteiger partial charge < -0.3 is 19.9 Å². The van der Waals surface area contributed by atoms with Crippen molar-refractivity contribution in [3.8, 4) is 0 Å². The molecule has 2 aliphatic rings. The number of urea groups is 1. The third-order valence-electron chi connectivity index (χ3n) is 4.07. The van der Waals surface area contributed by atoms with Gasteiger partial charge in [0, 0.05) is 32.0 Å². The molecule has 3 amide bonds. The zero-order valence-electron chi connectivity index (χ0n) is 12.6. The number of nitrogens with one attached hydrogen (secondary N) is 1. The minimum atomic E-state index is -0.114. The Bertz CT molecular complexity index is 551. The summed E-state index contributed by atoms with van der Waals surface area (Å²) in [5.74, 6) is -0.0390. The molecule has 3 heterocycles. The lowest BCUT2D eigenvalue weighted by Gasteiger charge is -2.36. The molecular formula is C15H20N4O3. The maximum Gasteiger partial charge on any atom is 0.317 e. The van der Waals surface area contributed by atoms with Crippen LogP contribution in [0.4, 0.5) is 4.79 Å². The Kier molecular flexibility index (Phi) is 4.24. The van der Waals surface area contributed by atoms with Crippen molar-refractivity contribution in [2.24, 2.45) is 0 Å². The van der Waals surface area contributed by atoms with Gasteiger partial charge in [0.05, 0.1) is 18.7 Å². The molecule has 2 fully saturated rings. The van der Waals surface area contributed by atoms with Gasteiger partial charge in [-0.1, -0.05) is 6.07 Å². The molecule has 0 bridgehead atoms. The van der Waals surface area contributed by atoms with E-state index in [4.69, 9.17) is 4.74 Å². The second-order valence-electron chi connectivity index (χ2n) is 5.54. The Morgan fingerprint density at radius 2 is 2.36 bits per heavy atom. The zero-order valence-corrected chi connectivity index (χ0v) is 12.6. The summed E-state index contributed by atoms with van der Waals surface area (Å²) in [6.45, 7) is 4.07. The van der Waals surface area contributed by atoms with E-state index in [1.165, 1.54) is 0 Å². The maximum absolute atomic E-state index is 12.2. The summed E-state index contributed by atoms with van der Waals surface area (Å²) in [6, 6.07) is 3.60. The molecule has 0 aromatic carbocycles. The lowest BCUT2D eigenvalue weighted by Crippen LogP contribution is -2.53. The van der Waals surface area contributed by atoms with E-state index in [9.17, 15) is 9.59 Å². The SMILES string of the molecule is CCNC(=O)N1C[C@@H]2OCC(=O)N(Cc3cccnc3)[C@@H]2C1. The molecule has 22 heavy (non-hydrogen) atoms. The number of hydrogen-bond acceptors (Lipinski definition) is 4. The third-order valence-corrected chi connectivity index (χ3v) is 4.07. The molecular weight excluding hydrogens is 284 g/mol. The number of hydrogen-bond donors (Lipinski definition) is 1. The van der Waals surface area contributed by atoms with Crippen LogP contribution in [0.5, 0.6) is 0 Å². The molecule has 0 spiro atoms. The van der Waals surface area contributed by atoms with E-state index >= 15 is 0 Å². The number of aromatic nitrogens is 1. The monoisotopic (exact) mass is 304 g/mol. The highest BCUT2D eigenvalue weighted by Crippen LogP contribution is 2.25. The van der Waals surface area contributed by atoms with E-state index in [1.54, 1.807) is 17.3 Å².